The van der Waals surface area contributed by atoms with Crippen LogP contribution in [0.5, 0.6) is 0 Å². The summed E-state index contributed by atoms with van der Waals surface area (Å²) in [6.07, 6.45) is 1.93. The van der Waals surface area contributed by atoms with Gasteiger partial charge in [-0.15, -0.1) is 0 Å². The van der Waals surface area contributed by atoms with E-state index in [9.17, 15) is 4.79 Å². The van der Waals surface area contributed by atoms with Gasteiger partial charge in [-0.2, -0.15) is 0 Å². The van der Waals surface area contributed by atoms with Gasteiger partial charge in [0, 0.05) is 32.3 Å². The van der Waals surface area contributed by atoms with Crippen LogP contribution in [0.1, 0.15) is 33.6 Å². The van der Waals surface area contributed by atoms with Crippen molar-refractivity contribution in [2.75, 3.05) is 26.2 Å². The fourth-order valence-electron chi connectivity index (χ4n) is 2.14. The summed E-state index contributed by atoms with van der Waals surface area (Å²) in [4.78, 5) is 12.7. The summed E-state index contributed by atoms with van der Waals surface area (Å²) in [6.45, 7) is 9.25. The summed E-state index contributed by atoms with van der Waals surface area (Å²) in [5, 5.41) is 3.50. The Bertz CT molecular complexity index is 248. The third-order valence-corrected chi connectivity index (χ3v) is 3.16. The Morgan fingerprint density at radius 2 is 2.06 bits per heavy atom. The van der Waals surface area contributed by atoms with Gasteiger partial charge in [0.1, 0.15) is 0 Å². The Hall–Kier alpha value is -0.810. The Kier molecular flexibility index (Phi) is 5.21. The third-order valence-electron chi connectivity index (χ3n) is 3.16. The van der Waals surface area contributed by atoms with Gasteiger partial charge >= 0.3 is 6.03 Å². The van der Waals surface area contributed by atoms with E-state index in [1.807, 2.05) is 6.92 Å². The first-order chi connectivity index (χ1) is 7.94. The lowest BCUT2D eigenvalue weighted by atomic mass is 10.0. The second-order valence-electron chi connectivity index (χ2n) is 5.17. The number of ether oxygens (including phenoxy) is 1. The normalized spacial score (nSPS) is 18.4. The molecule has 0 radical (unpaired) electrons. The van der Waals surface area contributed by atoms with Gasteiger partial charge in [0.2, 0.25) is 0 Å². The summed E-state index contributed by atoms with van der Waals surface area (Å²) in [7, 11) is 0. The second-order valence-corrected chi connectivity index (χ2v) is 5.17. The number of nitrogens with one attached hydrogen (secondary N) is 1. The van der Waals surface area contributed by atoms with E-state index < -0.39 is 0 Å². The molecule has 0 spiro atoms. The number of hydrogen-bond acceptors (Lipinski definition) is 3. The standard InChI is InChI=1S/C12H25N3O2/c1-4-17-12(2,3)9-14-10-5-7-15(8-6-10)11(13)16/h10,14H,4-9H2,1-3H3,(H2,13,16). The molecule has 0 aromatic heterocycles. The van der Waals surface area contributed by atoms with Crippen LogP contribution in [0.4, 0.5) is 4.79 Å². The van der Waals surface area contributed by atoms with Gasteiger partial charge in [-0.25, -0.2) is 4.79 Å². The molecule has 0 saturated carbocycles. The van der Waals surface area contributed by atoms with Crippen molar-refractivity contribution in [2.24, 2.45) is 5.73 Å². The lowest BCUT2D eigenvalue weighted by molar-refractivity contribution is -0.0117. The molecule has 1 fully saturated rings. The number of amides is 2. The molecule has 0 atom stereocenters. The SMILES string of the molecule is CCOC(C)(C)CNC1CCN(C(N)=O)CC1. The monoisotopic (exact) mass is 243 g/mol. The van der Waals surface area contributed by atoms with Crippen LogP contribution in [0.3, 0.4) is 0 Å². The van der Waals surface area contributed by atoms with Crippen molar-refractivity contribution in [3.05, 3.63) is 0 Å². The fourth-order valence-corrected chi connectivity index (χ4v) is 2.14. The van der Waals surface area contributed by atoms with Crippen molar-refractivity contribution < 1.29 is 9.53 Å². The van der Waals surface area contributed by atoms with E-state index in [4.69, 9.17) is 10.5 Å². The number of primary amides is 1. The molecule has 0 aromatic rings. The lowest BCUT2D eigenvalue weighted by Gasteiger charge is -2.34. The number of rotatable bonds is 5. The van der Waals surface area contributed by atoms with Crippen molar-refractivity contribution in [3.8, 4) is 0 Å². The predicted octanol–water partition coefficient (Wildman–Crippen LogP) is 0.934. The van der Waals surface area contributed by atoms with E-state index in [0.29, 0.717) is 6.04 Å². The van der Waals surface area contributed by atoms with Gasteiger partial charge in [-0.3, -0.25) is 0 Å². The quantitative estimate of drug-likeness (QED) is 0.755. The Morgan fingerprint density at radius 1 is 1.47 bits per heavy atom. The topological polar surface area (TPSA) is 67.6 Å². The fraction of sp³-hybridized carbons (Fsp3) is 0.917. The molecule has 1 aliphatic rings. The summed E-state index contributed by atoms with van der Waals surface area (Å²) >= 11 is 0. The highest BCUT2D eigenvalue weighted by atomic mass is 16.5. The minimum Gasteiger partial charge on any atom is -0.375 e. The van der Waals surface area contributed by atoms with E-state index in [2.05, 4.69) is 19.2 Å². The molecule has 5 nitrogen and oxygen atoms in total. The minimum absolute atomic E-state index is 0.129. The molecular weight excluding hydrogens is 218 g/mol. The average Bonchev–Trinajstić information content (AvgIpc) is 2.27. The zero-order valence-electron chi connectivity index (χ0n) is 11.2. The van der Waals surface area contributed by atoms with Crippen LogP contribution < -0.4 is 11.1 Å². The highest BCUT2D eigenvalue weighted by molar-refractivity contribution is 5.72. The Labute approximate surface area is 104 Å². The third kappa shape index (κ3) is 4.91. The minimum atomic E-state index is -0.307. The number of carbonyl (C=O) groups is 1. The number of likely N-dealkylation sites (tertiary alicyclic amines) is 1. The second kappa shape index (κ2) is 6.21. The molecule has 2 amide bonds. The first-order valence-electron chi connectivity index (χ1n) is 6.36. The largest absolute Gasteiger partial charge is 0.375 e. The summed E-state index contributed by atoms with van der Waals surface area (Å²) in [5.41, 5.74) is 5.11. The van der Waals surface area contributed by atoms with E-state index in [1.54, 1.807) is 4.90 Å². The van der Waals surface area contributed by atoms with Crippen LogP contribution in [0.25, 0.3) is 0 Å². The molecule has 0 aliphatic carbocycles. The molecule has 1 heterocycles. The van der Waals surface area contributed by atoms with Crippen LogP contribution in [0.2, 0.25) is 0 Å². The van der Waals surface area contributed by atoms with Crippen molar-refractivity contribution >= 4 is 6.03 Å². The number of piperidine rings is 1. The van der Waals surface area contributed by atoms with Crippen LogP contribution in [-0.2, 0) is 4.74 Å². The molecule has 0 aromatic carbocycles. The summed E-state index contributed by atoms with van der Waals surface area (Å²) in [5.74, 6) is 0. The van der Waals surface area contributed by atoms with Crippen molar-refractivity contribution in [1.29, 1.82) is 0 Å². The van der Waals surface area contributed by atoms with E-state index in [1.165, 1.54) is 0 Å². The Morgan fingerprint density at radius 3 is 2.53 bits per heavy atom. The van der Waals surface area contributed by atoms with Crippen molar-refractivity contribution in [2.45, 2.75) is 45.3 Å². The predicted molar refractivity (Wildman–Crippen MR) is 67.9 cm³/mol. The van der Waals surface area contributed by atoms with Crippen LogP contribution >= 0.6 is 0 Å². The summed E-state index contributed by atoms with van der Waals surface area (Å²) in [6, 6.07) is 0.156. The molecule has 1 rings (SSSR count). The van der Waals surface area contributed by atoms with E-state index in [0.717, 1.165) is 39.1 Å². The van der Waals surface area contributed by atoms with Crippen LogP contribution in [0, 0.1) is 0 Å². The molecule has 100 valence electrons. The van der Waals surface area contributed by atoms with E-state index >= 15 is 0 Å². The molecule has 5 heteroatoms. The number of nitrogens with two attached hydrogens (primary N) is 1. The number of hydrogen-bond donors (Lipinski definition) is 2. The number of carbonyl (C=O) groups excluding carboxylic acids is 1. The molecule has 0 unspecified atom stereocenters. The number of urea groups is 1. The lowest BCUT2D eigenvalue weighted by Crippen LogP contribution is -2.49. The first-order valence-corrected chi connectivity index (χ1v) is 6.36. The zero-order valence-corrected chi connectivity index (χ0v) is 11.2. The Balaban J connectivity index is 2.24. The molecule has 1 saturated heterocycles. The molecule has 17 heavy (non-hydrogen) atoms. The van der Waals surface area contributed by atoms with E-state index in [-0.39, 0.29) is 11.6 Å². The zero-order chi connectivity index (χ0) is 12.9. The van der Waals surface area contributed by atoms with Gasteiger partial charge in [0.25, 0.3) is 0 Å². The summed E-state index contributed by atoms with van der Waals surface area (Å²) < 4.78 is 5.63. The van der Waals surface area contributed by atoms with Crippen molar-refractivity contribution in [1.82, 2.24) is 10.2 Å². The maximum Gasteiger partial charge on any atom is 0.314 e. The van der Waals surface area contributed by atoms with Gasteiger partial charge in [-0.05, 0) is 33.6 Å². The molecule has 1 aliphatic heterocycles. The van der Waals surface area contributed by atoms with Gasteiger partial charge < -0.3 is 20.7 Å². The van der Waals surface area contributed by atoms with Crippen LogP contribution in [-0.4, -0.2) is 48.8 Å². The number of nitrogens with zero attached hydrogens (tertiary/aromatic N) is 1. The maximum atomic E-state index is 11.0. The molecule has 3 N–H and O–H groups in total. The smallest absolute Gasteiger partial charge is 0.314 e. The van der Waals surface area contributed by atoms with Gasteiger partial charge in [0.05, 0.1) is 5.60 Å². The van der Waals surface area contributed by atoms with Crippen molar-refractivity contribution in [3.63, 3.8) is 0 Å². The molecular formula is C12H25N3O2. The molecule has 0 bridgehead atoms. The highest BCUT2D eigenvalue weighted by Crippen LogP contribution is 2.12. The van der Waals surface area contributed by atoms with Crippen LogP contribution in [0.15, 0.2) is 0 Å². The van der Waals surface area contributed by atoms with Gasteiger partial charge in [0.15, 0.2) is 0 Å². The van der Waals surface area contributed by atoms with Gasteiger partial charge in [-0.1, -0.05) is 0 Å². The average molecular weight is 243 g/mol. The maximum absolute atomic E-state index is 11.0. The first kappa shape index (κ1) is 14.3. The highest BCUT2D eigenvalue weighted by Gasteiger charge is 2.24.